The standard InChI is InChI=1S/C12H13F2NO3/c1-7(16)3-4-12(17)15-10-5-9(14)11(18-2)6-8(10)13/h5-6H,3-4H2,1-2H3,(H,15,17). The molecule has 0 bridgehead atoms. The van der Waals surface area contributed by atoms with Crippen molar-refractivity contribution in [2.24, 2.45) is 0 Å². The van der Waals surface area contributed by atoms with Gasteiger partial charge in [0.15, 0.2) is 17.4 Å². The highest BCUT2D eigenvalue weighted by molar-refractivity contribution is 5.93. The molecule has 1 rings (SSSR count). The number of rotatable bonds is 5. The van der Waals surface area contributed by atoms with Crippen LogP contribution in [0.3, 0.4) is 0 Å². The Balaban J connectivity index is 2.76. The van der Waals surface area contributed by atoms with Gasteiger partial charge in [-0.3, -0.25) is 4.79 Å². The molecule has 0 fully saturated rings. The number of ketones is 1. The number of methoxy groups -OCH3 is 1. The molecule has 0 atom stereocenters. The summed E-state index contributed by atoms with van der Waals surface area (Å²) in [4.78, 5) is 22.0. The van der Waals surface area contributed by atoms with Crippen LogP contribution in [0.15, 0.2) is 12.1 Å². The molecule has 0 spiro atoms. The lowest BCUT2D eigenvalue weighted by atomic mass is 10.2. The van der Waals surface area contributed by atoms with Crippen LogP contribution in [0.1, 0.15) is 19.8 Å². The van der Waals surface area contributed by atoms with E-state index in [0.717, 1.165) is 12.1 Å². The molecular weight excluding hydrogens is 244 g/mol. The zero-order valence-corrected chi connectivity index (χ0v) is 10.0. The predicted octanol–water partition coefficient (Wildman–Crippen LogP) is 2.28. The first-order valence-corrected chi connectivity index (χ1v) is 5.26. The quantitative estimate of drug-likeness (QED) is 0.880. The molecule has 1 aromatic carbocycles. The van der Waals surface area contributed by atoms with E-state index in [2.05, 4.69) is 10.1 Å². The van der Waals surface area contributed by atoms with E-state index in [0.29, 0.717) is 0 Å². The smallest absolute Gasteiger partial charge is 0.224 e. The van der Waals surface area contributed by atoms with Crippen molar-refractivity contribution in [1.29, 1.82) is 0 Å². The van der Waals surface area contributed by atoms with Gasteiger partial charge < -0.3 is 14.8 Å². The minimum Gasteiger partial charge on any atom is -0.494 e. The number of ether oxygens (including phenoxy) is 1. The van der Waals surface area contributed by atoms with E-state index < -0.39 is 17.5 Å². The SMILES string of the molecule is COc1cc(F)c(NC(=O)CCC(C)=O)cc1F. The molecule has 98 valence electrons. The average Bonchev–Trinajstić information content (AvgIpc) is 2.30. The minimum absolute atomic E-state index is 0.0616. The van der Waals surface area contributed by atoms with Crippen LogP contribution in [0.5, 0.6) is 5.75 Å². The van der Waals surface area contributed by atoms with Crippen molar-refractivity contribution in [3.8, 4) is 5.75 Å². The second-order valence-corrected chi connectivity index (χ2v) is 3.72. The molecule has 0 radical (unpaired) electrons. The minimum atomic E-state index is -0.801. The van der Waals surface area contributed by atoms with Crippen LogP contribution in [-0.2, 0) is 9.59 Å². The molecule has 1 aromatic rings. The van der Waals surface area contributed by atoms with E-state index >= 15 is 0 Å². The third-order valence-corrected chi connectivity index (χ3v) is 2.22. The van der Waals surface area contributed by atoms with Crippen LogP contribution in [0.2, 0.25) is 0 Å². The highest BCUT2D eigenvalue weighted by Crippen LogP contribution is 2.24. The third-order valence-electron chi connectivity index (χ3n) is 2.22. The summed E-state index contributed by atoms with van der Waals surface area (Å²) < 4.78 is 31.3. The molecule has 0 saturated carbocycles. The number of halogens is 2. The van der Waals surface area contributed by atoms with Crippen molar-refractivity contribution in [1.82, 2.24) is 0 Å². The first-order valence-electron chi connectivity index (χ1n) is 5.26. The molecule has 0 aliphatic heterocycles. The summed E-state index contributed by atoms with van der Waals surface area (Å²) in [6.45, 7) is 1.35. The lowest BCUT2D eigenvalue weighted by molar-refractivity contribution is -0.121. The summed E-state index contributed by atoms with van der Waals surface area (Å²) >= 11 is 0. The fourth-order valence-electron chi connectivity index (χ4n) is 1.28. The van der Waals surface area contributed by atoms with Crippen LogP contribution in [0.25, 0.3) is 0 Å². The summed E-state index contributed by atoms with van der Waals surface area (Å²) in [5, 5.41) is 2.20. The van der Waals surface area contributed by atoms with Gasteiger partial charge in [0.1, 0.15) is 5.78 Å². The van der Waals surface area contributed by atoms with E-state index in [1.165, 1.54) is 14.0 Å². The lowest BCUT2D eigenvalue weighted by Gasteiger charge is -2.08. The van der Waals surface area contributed by atoms with E-state index in [-0.39, 0.29) is 30.1 Å². The summed E-state index contributed by atoms with van der Waals surface area (Å²) in [7, 11) is 1.21. The van der Waals surface area contributed by atoms with E-state index in [1.807, 2.05) is 0 Å². The Kier molecular flexibility index (Phi) is 4.76. The van der Waals surface area contributed by atoms with Gasteiger partial charge in [0, 0.05) is 25.0 Å². The molecule has 0 heterocycles. The fraction of sp³-hybridized carbons (Fsp3) is 0.333. The van der Waals surface area contributed by atoms with Gasteiger partial charge in [0.25, 0.3) is 0 Å². The van der Waals surface area contributed by atoms with Gasteiger partial charge in [-0.1, -0.05) is 0 Å². The van der Waals surface area contributed by atoms with Crippen LogP contribution < -0.4 is 10.1 Å². The van der Waals surface area contributed by atoms with Gasteiger partial charge in [0.05, 0.1) is 12.8 Å². The number of anilines is 1. The van der Waals surface area contributed by atoms with Crippen molar-refractivity contribution in [2.45, 2.75) is 19.8 Å². The van der Waals surface area contributed by atoms with Gasteiger partial charge >= 0.3 is 0 Å². The van der Waals surface area contributed by atoms with Crippen molar-refractivity contribution >= 4 is 17.4 Å². The van der Waals surface area contributed by atoms with Crippen molar-refractivity contribution in [3.63, 3.8) is 0 Å². The Morgan fingerprint density at radius 1 is 1.22 bits per heavy atom. The third kappa shape index (κ3) is 3.80. The Morgan fingerprint density at radius 3 is 2.44 bits per heavy atom. The monoisotopic (exact) mass is 257 g/mol. The molecular formula is C12H13F2NO3. The second kappa shape index (κ2) is 6.09. The van der Waals surface area contributed by atoms with Gasteiger partial charge in [-0.15, -0.1) is 0 Å². The Morgan fingerprint density at radius 2 is 1.89 bits per heavy atom. The summed E-state index contributed by atoms with van der Waals surface area (Å²) in [6.07, 6.45) is -0.00545. The van der Waals surface area contributed by atoms with Gasteiger partial charge in [0.2, 0.25) is 5.91 Å². The fourth-order valence-corrected chi connectivity index (χ4v) is 1.28. The number of carbonyl (C=O) groups is 2. The first-order chi connectivity index (χ1) is 8.43. The summed E-state index contributed by atoms with van der Waals surface area (Å²) in [5.41, 5.74) is -0.276. The lowest BCUT2D eigenvalue weighted by Crippen LogP contribution is -2.14. The summed E-state index contributed by atoms with van der Waals surface area (Å²) in [5.74, 6) is -2.51. The number of carbonyl (C=O) groups excluding carboxylic acids is 2. The highest BCUT2D eigenvalue weighted by atomic mass is 19.1. The number of benzene rings is 1. The number of Topliss-reactive ketones (excluding diaryl/α,β-unsaturated/α-hetero) is 1. The molecule has 6 heteroatoms. The topological polar surface area (TPSA) is 55.4 Å². The first kappa shape index (κ1) is 14.1. The zero-order chi connectivity index (χ0) is 13.7. The Hall–Kier alpha value is -1.98. The van der Waals surface area contributed by atoms with Crippen molar-refractivity contribution < 1.29 is 23.1 Å². The maximum Gasteiger partial charge on any atom is 0.224 e. The molecule has 4 nitrogen and oxygen atoms in total. The number of hydrogen-bond acceptors (Lipinski definition) is 3. The van der Waals surface area contributed by atoms with E-state index in [4.69, 9.17) is 0 Å². The molecule has 0 aromatic heterocycles. The summed E-state index contributed by atoms with van der Waals surface area (Å²) in [6, 6.07) is 1.68. The van der Waals surface area contributed by atoms with E-state index in [1.54, 1.807) is 0 Å². The molecule has 0 aliphatic carbocycles. The van der Waals surface area contributed by atoms with Gasteiger partial charge in [-0.2, -0.15) is 0 Å². The van der Waals surface area contributed by atoms with Crippen LogP contribution in [-0.4, -0.2) is 18.8 Å². The predicted molar refractivity (Wildman–Crippen MR) is 61.5 cm³/mol. The normalized spacial score (nSPS) is 10.0. The molecule has 0 unspecified atom stereocenters. The van der Waals surface area contributed by atoms with E-state index in [9.17, 15) is 18.4 Å². The number of nitrogens with one attached hydrogen (secondary N) is 1. The van der Waals surface area contributed by atoms with Gasteiger partial charge in [-0.05, 0) is 6.92 Å². The van der Waals surface area contributed by atoms with Crippen LogP contribution in [0, 0.1) is 11.6 Å². The number of amides is 1. The largest absolute Gasteiger partial charge is 0.494 e. The Bertz CT molecular complexity index is 475. The highest BCUT2D eigenvalue weighted by Gasteiger charge is 2.13. The zero-order valence-electron chi connectivity index (χ0n) is 10.0. The maximum atomic E-state index is 13.4. The van der Waals surface area contributed by atoms with Gasteiger partial charge in [-0.25, -0.2) is 8.78 Å². The average molecular weight is 257 g/mol. The molecule has 1 amide bonds. The maximum absolute atomic E-state index is 13.4. The second-order valence-electron chi connectivity index (χ2n) is 3.72. The molecule has 1 N–H and O–H groups in total. The molecule has 18 heavy (non-hydrogen) atoms. The van der Waals surface area contributed by atoms with Crippen molar-refractivity contribution in [2.75, 3.05) is 12.4 Å². The van der Waals surface area contributed by atoms with Crippen LogP contribution >= 0.6 is 0 Å². The van der Waals surface area contributed by atoms with Crippen LogP contribution in [0.4, 0.5) is 14.5 Å². The number of hydrogen-bond donors (Lipinski definition) is 1. The van der Waals surface area contributed by atoms with Crippen molar-refractivity contribution in [3.05, 3.63) is 23.8 Å². The molecule has 0 aliphatic rings. The Labute approximate surface area is 103 Å². The molecule has 0 saturated heterocycles.